The molecule has 0 spiro atoms. The summed E-state index contributed by atoms with van der Waals surface area (Å²) < 4.78 is 53.1. The third-order valence-electron chi connectivity index (χ3n) is 2.59. The van der Waals surface area contributed by atoms with Crippen molar-refractivity contribution < 1.29 is 22.3 Å². The van der Waals surface area contributed by atoms with Gasteiger partial charge in [0, 0.05) is 0 Å². The van der Waals surface area contributed by atoms with Crippen LogP contribution in [0.3, 0.4) is 0 Å². The fourth-order valence-electron chi connectivity index (χ4n) is 1.62. The molecule has 0 aromatic heterocycles. The Balaban J connectivity index is 2.25. The molecule has 2 rings (SSSR count). The molecule has 0 aliphatic heterocycles. The lowest BCUT2D eigenvalue weighted by atomic mass is 10.0. The van der Waals surface area contributed by atoms with Gasteiger partial charge in [0.2, 0.25) is 0 Å². The molecule has 0 bridgehead atoms. The van der Waals surface area contributed by atoms with Crippen LogP contribution in [0.15, 0.2) is 42.5 Å². The van der Waals surface area contributed by atoms with Crippen LogP contribution in [0.5, 0.6) is 5.75 Å². The maximum absolute atomic E-state index is 13.4. The van der Waals surface area contributed by atoms with Crippen LogP contribution in [0.4, 0.5) is 17.6 Å². The molecule has 0 aliphatic carbocycles. The van der Waals surface area contributed by atoms with E-state index in [1.165, 1.54) is 30.3 Å². The Hall–Kier alpha value is -2.04. The number of halogens is 4. The molecule has 0 amide bonds. The number of rotatable bonds is 2. The minimum absolute atomic E-state index is 0.302. The van der Waals surface area contributed by atoms with Crippen molar-refractivity contribution in [1.82, 2.24) is 0 Å². The topological polar surface area (TPSA) is 9.23 Å². The van der Waals surface area contributed by atoms with E-state index in [9.17, 15) is 17.6 Å². The van der Waals surface area contributed by atoms with Crippen LogP contribution in [0, 0.1) is 12.7 Å². The standard InChI is InChI=1S/C14H10F4O/c1-9-2-3-11(8-13(9)15)10-4-6-12(7-5-10)19-14(16,17)18/h2-8H,1H3. The number of benzene rings is 2. The third-order valence-corrected chi connectivity index (χ3v) is 2.59. The van der Waals surface area contributed by atoms with E-state index in [-0.39, 0.29) is 11.6 Å². The van der Waals surface area contributed by atoms with E-state index in [4.69, 9.17) is 0 Å². The summed E-state index contributed by atoms with van der Waals surface area (Å²) >= 11 is 0. The number of aryl methyl sites for hydroxylation is 1. The normalized spacial score (nSPS) is 11.4. The molecule has 0 heterocycles. The van der Waals surface area contributed by atoms with Gasteiger partial charge in [-0.2, -0.15) is 0 Å². The number of hydrogen-bond acceptors (Lipinski definition) is 1. The molecule has 2 aromatic carbocycles. The lowest BCUT2D eigenvalue weighted by Gasteiger charge is -2.09. The molecule has 0 saturated carbocycles. The lowest BCUT2D eigenvalue weighted by Crippen LogP contribution is -2.16. The van der Waals surface area contributed by atoms with E-state index < -0.39 is 6.36 Å². The Labute approximate surface area is 107 Å². The molecular weight excluding hydrogens is 260 g/mol. The van der Waals surface area contributed by atoms with Crippen LogP contribution >= 0.6 is 0 Å². The summed E-state index contributed by atoms with van der Waals surface area (Å²) in [6.07, 6.45) is -4.71. The summed E-state index contributed by atoms with van der Waals surface area (Å²) in [6.45, 7) is 1.64. The Bertz CT molecular complexity index is 573. The Morgan fingerprint density at radius 2 is 1.47 bits per heavy atom. The summed E-state index contributed by atoms with van der Waals surface area (Å²) in [5, 5.41) is 0. The van der Waals surface area contributed by atoms with E-state index in [1.54, 1.807) is 19.1 Å². The van der Waals surface area contributed by atoms with E-state index in [0.717, 1.165) is 0 Å². The zero-order valence-corrected chi connectivity index (χ0v) is 9.96. The summed E-state index contributed by atoms with van der Waals surface area (Å²) in [6, 6.07) is 9.95. The molecular formula is C14H10F4O. The van der Waals surface area contributed by atoms with Gasteiger partial charge in [-0.1, -0.05) is 24.3 Å². The summed E-state index contributed by atoms with van der Waals surface area (Å²) in [5.41, 5.74) is 1.73. The maximum atomic E-state index is 13.4. The highest BCUT2D eigenvalue weighted by Crippen LogP contribution is 2.27. The molecule has 5 heteroatoms. The van der Waals surface area contributed by atoms with Crippen LogP contribution in [0.1, 0.15) is 5.56 Å². The van der Waals surface area contributed by atoms with Gasteiger partial charge in [-0.25, -0.2) is 4.39 Å². The number of alkyl halides is 3. The molecule has 0 unspecified atom stereocenters. The average Bonchev–Trinajstić information content (AvgIpc) is 2.32. The summed E-state index contributed by atoms with van der Waals surface area (Å²) in [4.78, 5) is 0. The second-order valence-electron chi connectivity index (χ2n) is 4.04. The summed E-state index contributed by atoms with van der Waals surface area (Å²) in [5.74, 6) is -0.656. The first-order valence-corrected chi connectivity index (χ1v) is 5.47. The molecule has 0 fully saturated rings. The van der Waals surface area contributed by atoms with Crippen molar-refractivity contribution in [3.8, 4) is 16.9 Å². The van der Waals surface area contributed by atoms with Crippen molar-refractivity contribution in [3.63, 3.8) is 0 Å². The smallest absolute Gasteiger partial charge is 0.406 e. The van der Waals surface area contributed by atoms with E-state index in [1.807, 2.05) is 0 Å². The molecule has 1 nitrogen and oxygen atoms in total. The van der Waals surface area contributed by atoms with Gasteiger partial charge in [0.05, 0.1) is 0 Å². The predicted molar refractivity (Wildman–Crippen MR) is 63.3 cm³/mol. The largest absolute Gasteiger partial charge is 0.573 e. The van der Waals surface area contributed by atoms with Gasteiger partial charge < -0.3 is 4.74 Å². The van der Waals surface area contributed by atoms with Crippen LogP contribution in [-0.2, 0) is 0 Å². The highest BCUT2D eigenvalue weighted by atomic mass is 19.4. The fraction of sp³-hybridized carbons (Fsp3) is 0.143. The molecule has 0 atom stereocenters. The zero-order chi connectivity index (χ0) is 14.0. The molecule has 0 N–H and O–H groups in total. The van der Waals surface area contributed by atoms with Crippen molar-refractivity contribution in [1.29, 1.82) is 0 Å². The minimum atomic E-state index is -4.71. The monoisotopic (exact) mass is 270 g/mol. The van der Waals surface area contributed by atoms with Gasteiger partial charge in [-0.05, 0) is 41.8 Å². The third kappa shape index (κ3) is 3.47. The van der Waals surface area contributed by atoms with Gasteiger partial charge in [0.15, 0.2) is 0 Å². The highest BCUT2D eigenvalue weighted by molar-refractivity contribution is 5.64. The molecule has 0 saturated heterocycles. The number of ether oxygens (including phenoxy) is 1. The van der Waals surface area contributed by atoms with Crippen LogP contribution < -0.4 is 4.74 Å². The van der Waals surface area contributed by atoms with Gasteiger partial charge in [-0.3, -0.25) is 0 Å². The second-order valence-corrected chi connectivity index (χ2v) is 4.04. The molecule has 19 heavy (non-hydrogen) atoms. The van der Waals surface area contributed by atoms with Crippen molar-refractivity contribution >= 4 is 0 Å². The van der Waals surface area contributed by atoms with Gasteiger partial charge in [-0.15, -0.1) is 13.2 Å². The fourth-order valence-corrected chi connectivity index (χ4v) is 1.62. The van der Waals surface area contributed by atoms with Crippen molar-refractivity contribution in [2.45, 2.75) is 13.3 Å². The molecule has 0 aliphatic rings. The Kier molecular flexibility index (Phi) is 3.46. The van der Waals surface area contributed by atoms with E-state index >= 15 is 0 Å². The highest BCUT2D eigenvalue weighted by Gasteiger charge is 2.30. The molecule has 0 radical (unpaired) electrons. The van der Waals surface area contributed by atoms with Crippen molar-refractivity contribution in [2.75, 3.05) is 0 Å². The maximum Gasteiger partial charge on any atom is 0.573 e. The van der Waals surface area contributed by atoms with Crippen molar-refractivity contribution in [3.05, 3.63) is 53.8 Å². The van der Waals surface area contributed by atoms with Crippen LogP contribution in [0.25, 0.3) is 11.1 Å². The SMILES string of the molecule is Cc1ccc(-c2ccc(OC(F)(F)F)cc2)cc1F. The first-order chi connectivity index (χ1) is 8.85. The predicted octanol–water partition coefficient (Wildman–Crippen LogP) is 4.70. The Morgan fingerprint density at radius 3 is 2.00 bits per heavy atom. The quantitative estimate of drug-likeness (QED) is 0.719. The van der Waals surface area contributed by atoms with Gasteiger partial charge in [0.25, 0.3) is 0 Å². The summed E-state index contributed by atoms with van der Waals surface area (Å²) in [7, 11) is 0. The molecule has 2 aromatic rings. The minimum Gasteiger partial charge on any atom is -0.406 e. The van der Waals surface area contributed by atoms with E-state index in [0.29, 0.717) is 16.7 Å². The first kappa shape index (κ1) is 13.4. The van der Waals surface area contributed by atoms with Gasteiger partial charge in [0.1, 0.15) is 11.6 Å². The van der Waals surface area contributed by atoms with Crippen molar-refractivity contribution in [2.24, 2.45) is 0 Å². The second kappa shape index (κ2) is 4.91. The van der Waals surface area contributed by atoms with Crippen LogP contribution in [-0.4, -0.2) is 6.36 Å². The van der Waals surface area contributed by atoms with Gasteiger partial charge >= 0.3 is 6.36 Å². The number of hydrogen-bond donors (Lipinski definition) is 0. The van der Waals surface area contributed by atoms with Crippen LogP contribution in [0.2, 0.25) is 0 Å². The Morgan fingerprint density at radius 1 is 0.895 bits per heavy atom. The average molecular weight is 270 g/mol. The van der Waals surface area contributed by atoms with E-state index in [2.05, 4.69) is 4.74 Å². The first-order valence-electron chi connectivity index (χ1n) is 5.47. The lowest BCUT2D eigenvalue weighted by molar-refractivity contribution is -0.274. The zero-order valence-electron chi connectivity index (χ0n) is 9.96. The molecule has 100 valence electrons.